The summed E-state index contributed by atoms with van der Waals surface area (Å²) in [6.07, 6.45) is 5.03. The highest BCUT2D eigenvalue weighted by Gasteiger charge is 2.15. The predicted molar refractivity (Wildman–Crippen MR) is 76.5 cm³/mol. The molecule has 0 heterocycles. The number of thiol groups is 1. The van der Waals surface area contributed by atoms with Crippen molar-refractivity contribution in [2.24, 2.45) is 5.92 Å². The second-order valence-corrected chi connectivity index (χ2v) is 5.96. The molecule has 0 atom stereocenters. The second-order valence-electron chi connectivity index (χ2n) is 4.98. The minimum atomic E-state index is -2.60. The van der Waals surface area contributed by atoms with Crippen LogP contribution in [0.4, 0.5) is 0 Å². The lowest BCUT2D eigenvalue weighted by atomic mass is 10.1. The summed E-state index contributed by atoms with van der Waals surface area (Å²) < 4.78 is 26.5. The quantitative estimate of drug-likeness (QED) is 0.782. The van der Waals surface area contributed by atoms with E-state index in [4.69, 9.17) is 4.74 Å². The fourth-order valence-electron chi connectivity index (χ4n) is 2.33. The summed E-state index contributed by atoms with van der Waals surface area (Å²) in [4.78, 5) is 11.6. The first-order chi connectivity index (χ1) is 9.65. The fraction of sp³-hybridized carbons (Fsp3) is 0.500. The topological polar surface area (TPSA) is 72.5 Å². The number of benzene rings is 1. The van der Waals surface area contributed by atoms with Gasteiger partial charge in [0.15, 0.2) is 10.7 Å². The molecule has 1 aromatic carbocycles. The first kappa shape index (κ1) is 14.8. The van der Waals surface area contributed by atoms with E-state index in [1.165, 1.54) is 25.7 Å². The highest BCUT2D eigenvalue weighted by atomic mass is 32.2. The number of carbonyl (C=O) groups excluding carboxylic acids is 1. The largest absolute Gasteiger partial charge is 0.493 e. The molecule has 20 heavy (non-hydrogen) atoms. The summed E-state index contributed by atoms with van der Waals surface area (Å²) in [5.41, 5.74) is 0.426. The lowest BCUT2D eigenvalue weighted by molar-refractivity contribution is 0.0960. The van der Waals surface area contributed by atoms with E-state index >= 15 is 0 Å². The van der Waals surface area contributed by atoms with Crippen molar-refractivity contribution in [2.45, 2.75) is 25.7 Å². The Morgan fingerprint density at radius 3 is 2.45 bits per heavy atom. The number of nitrogens with one attached hydrogen (secondary N) is 1. The van der Waals surface area contributed by atoms with E-state index in [9.17, 15) is 13.2 Å². The number of carbonyl (C=O) groups is 1. The van der Waals surface area contributed by atoms with Crippen LogP contribution >= 0.6 is 0 Å². The molecule has 1 fully saturated rings. The zero-order valence-corrected chi connectivity index (χ0v) is 12.1. The van der Waals surface area contributed by atoms with Gasteiger partial charge in [-0.15, -0.1) is 0 Å². The summed E-state index contributed by atoms with van der Waals surface area (Å²) in [5.74, 6) is 0.648. The molecule has 1 N–H and O–H groups in total. The van der Waals surface area contributed by atoms with E-state index in [0.717, 1.165) is 12.4 Å². The van der Waals surface area contributed by atoms with Gasteiger partial charge in [-0.2, -0.15) is 0 Å². The molecule has 1 aliphatic rings. The third kappa shape index (κ3) is 4.52. The first-order valence-corrected chi connectivity index (χ1v) is 8.14. The van der Waals surface area contributed by atoms with E-state index in [-0.39, 0.29) is 5.88 Å². The SMILES string of the molecule is O=C(NC[SH](=O)=O)c1ccc(OCC2CCCC2)cc1. The lowest BCUT2D eigenvalue weighted by Crippen LogP contribution is -2.25. The van der Waals surface area contributed by atoms with Gasteiger partial charge in [-0.3, -0.25) is 4.79 Å². The fourth-order valence-corrected chi connectivity index (χ4v) is 2.60. The van der Waals surface area contributed by atoms with Crippen LogP contribution in [0.5, 0.6) is 5.75 Å². The van der Waals surface area contributed by atoms with Crippen LogP contribution in [0.3, 0.4) is 0 Å². The molecule has 1 amide bonds. The van der Waals surface area contributed by atoms with Gasteiger partial charge in [-0.1, -0.05) is 12.8 Å². The number of rotatable bonds is 6. The van der Waals surface area contributed by atoms with Crippen molar-refractivity contribution in [1.29, 1.82) is 0 Å². The molecule has 0 unspecified atom stereocenters. The molecule has 1 aromatic rings. The van der Waals surface area contributed by atoms with E-state index in [1.807, 2.05) is 0 Å². The van der Waals surface area contributed by atoms with Gasteiger partial charge in [0, 0.05) is 5.56 Å². The lowest BCUT2D eigenvalue weighted by Gasteiger charge is -2.11. The highest BCUT2D eigenvalue weighted by molar-refractivity contribution is 7.72. The summed E-state index contributed by atoms with van der Waals surface area (Å²) in [7, 11) is -2.60. The monoisotopic (exact) mass is 297 g/mol. The first-order valence-electron chi connectivity index (χ1n) is 6.78. The molecule has 5 nitrogen and oxygen atoms in total. The number of ether oxygens (including phenoxy) is 1. The Hall–Kier alpha value is -1.56. The van der Waals surface area contributed by atoms with Crippen molar-refractivity contribution in [3.63, 3.8) is 0 Å². The molecule has 0 aliphatic heterocycles. The van der Waals surface area contributed by atoms with E-state index < -0.39 is 16.6 Å². The maximum absolute atomic E-state index is 11.6. The van der Waals surface area contributed by atoms with E-state index in [2.05, 4.69) is 5.32 Å². The number of amides is 1. The van der Waals surface area contributed by atoms with Crippen molar-refractivity contribution >= 4 is 16.6 Å². The Balaban J connectivity index is 1.83. The van der Waals surface area contributed by atoms with Crippen molar-refractivity contribution in [1.82, 2.24) is 5.32 Å². The minimum Gasteiger partial charge on any atom is -0.493 e. The van der Waals surface area contributed by atoms with Crippen molar-refractivity contribution in [2.75, 3.05) is 12.5 Å². The molecule has 6 heteroatoms. The van der Waals surface area contributed by atoms with E-state index in [1.54, 1.807) is 24.3 Å². The van der Waals surface area contributed by atoms with Crippen LogP contribution in [0.25, 0.3) is 0 Å². The third-order valence-corrected chi connectivity index (χ3v) is 3.86. The molecule has 0 bridgehead atoms. The van der Waals surface area contributed by atoms with Crippen molar-refractivity contribution in [3.05, 3.63) is 29.8 Å². The van der Waals surface area contributed by atoms with Crippen LogP contribution in [-0.2, 0) is 10.7 Å². The Labute approximate surface area is 120 Å². The van der Waals surface area contributed by atoms with Crippen LogP contribution in [0, 0.1) is 5.92 Å². The molecule has 1 saturated carbocycles. The number of hydrogen-bond acceptors (Lipinski definition) is 4. The maximum atomic E-state index is 11.6. The molecule has 0 aromatic heterocycles. The zero-order valence-electron chi connectivity index (χ0n) is 11.2. The molecule has 1 aliphatic carbocycles. The van der Waals surface area contributed by atoms with Gasteiger partial charge in [0.1, 0.15) is 11.6 Å². The Kier molecular flexibility index (Phi) is 5.40. The average Bonchev–Trinajstić information content (AvgIpc) is 2.96. The van der Waals surface area contributed by atoms with Gasteiger partial charge in [0.25, 0.3) is 5.91 Å². The molecule has 0 saturated heterocycles. The molecule has 110 valence electrons. The van der Waals surface area contributed by atoms with Gasteiger partial charge >= 0.3 is 0 Å². The summed E-state index contributed by atoms with van der Waals surface area (Å²) in [6, 6.07) is 6.75. The van der Waals surface area contributed by atoms with Crippen LogP contribution in [0.2, 0.25) is 0 Å². The molecular formula is C14H19NO4S. The summed E-state index contributed by atoms with van der Waals surface area (Å²) in [5, 5.41) is 2.32. The predicted octanol–water partition coefficient (Wildman–Crippen LogP) is 1.55. The van der Waals surface area contributed by atoms with Gasteiger partial charge in [-0.05, 0) is 43.0 Å². The van der Waals surface area contributed by atoms with Crippen LogP contribution in [0.15, 0.2) is 24.3 Å². The average molecular weight is 297 g/mol. The Bertz CT molecular complexity index is 510. The molecule has 0 radical (unpaired) electrons. The van der Waals surface area contributed by atoms with Crippen LogP contribution in [-0.4, -0.2) is 26.8 Å². The second kappa shape index (κ2) is 7.28. The van der Waals surface area contributed by atoms with Gasteiger partial charge in [-0.25, -0.2) is 8.42 Å². The molecule has 0 spiro atoms. The van der Waals surface area contributed by atoms with Gasteiger partial charge < -0.3 is 10.1 Å². The summed E-state index contributed by atoms with van der Waals surface area (Å²) in [6.45, 7) is 0.724. The third-order valence-electron chi connectivity index (χ3n) is 3.45. The van der Waals surface area contributed by atoms with Gasteiger partial charge in [0.05, 0.1) is 6.61 Å². The standard InChI is InChI=1S/C14H19NO4S/c16-14(15-10-20(17)18)12-5-7-13(8-6-12)19-9-11-3-1-2-4-11/h5-8,11,20H,1-4,9-10H2,(H,15,16). The Morgan fingerprint density at radius 2 is 1.85 bits per heavy atom. The highest BCUT2D eigenvalue weighted by Crippen LogP contribution is 2.25. The normalized spacial score (nSPS) is 15.4. The molecule has 2 rings (SSSR count). The smallest absolute Gasteiger partial charge is 0.252 e. The van der Waals surface area contributed by atoms with Crippen LogP contribution < -0.4 is 10.1 Å². The Morgan fingerprint density at radius 1 is 1.20 bits per heavy atom. The van der Waals surface area contributed by atoms with Crippen LogP contribution in [0.1, 0.15) is 36.0 Å². The van der Waals surface area contributed by atoms with Gasteiger partial charge in [0.2, 0.25) is 0 Å². The minimum absolute atomic E-state index is 0.339. The zero-order chi connectivity index (χ0) is 14.4. The maximum Gasteiger partial charge on any atom is 0.252 e. The van der Waals surface area contributed by atoms with Crippen molar-refractivity contribution in [3.8, 4) is 5.75 Å². The van der Waals surface area contributed by atoms with E-state index in [0.29, 0.717) is 11.5 Å². The van der Waals surface area contributed by atoms with Crippen molar-refractivity contribution < 1.29 is 17.9 Å². The summed E-state index contributed by atoms with van der Waals surface area (Å²) >= 11 is 0. The molecular weight excluding hydrogens is 278 g/mol. The number of hydrogen-bond donors (Lipinski definition) is 2.